The average Bonchev–Trinajstić information content (AvgIpc) is 2.40. The van der Waals surface area contributed by atoms with Crippen molar-refractivity contribution in [2.24, 2.45) is 0 Å². The Morgan fingerprint density at radius 3 is 2.53 bits per heavy atom. The lowest BCUT2D eigenvalue weighted by Crippen LogP contribution is -2.08. The van der Waals surface area contributed by atoms with E-state index in [2.05, 4.69) is 52.4 Å². The smallest absolute Gasteiger partial charge is 0.124 e. The first kappa shape index (κ1) is 14.1. The van der Waals surface area contributed by atoms with Gasteiger partial charge >= 0.3 is 0 Å². The van der Waals surface area contributed by atoms with Gasteiger partial charge in [0.2, 0.25) is 0 Å². The first-order valence-corrected chi connectivity index (χ1v) is 7.09. The minimum atomic E-state index is 0.590. The van der Waals surface area contributed by atoms with Crippen LogP contribution < -0.4 is 10.1 Å². The molecule has 0 aromatic heterocycles. The van der Waals surface area contributed by atoms with Crippen LogP contribution >= 0.6 is 15.9 Å². The van der Waals surface area contributed by atoms with Crippen molar-refractivity contribution in [1.29, 1.82) is 0 Å². The van der Waals surface area contributed by atoms with Crippen molar-refractivity contribution in [3.8, 4) is 5.75 Å². The molecule has 0 fully saturated rings. The van der Waals surface area contributed by atoms with E-state index in [-0.39, 0.29) is 0 Å². The van der Waals surface area contributed by atoms with Gasteiger partial charge in [0, 0.05) is 16.6 Å². The predicted octanol–water partition coefficient (Wildman–Crippen LogP) is 4.06. The number of hydrogen-bond acceptors (Lipinski definition) is 2. The summed E-state index contributed by atoms with van der Waals surface area (Å²) in [6, 6.07) is 14.5. The van der Waals surface area contributed by atoms with E-state index in [1.165, 1.54) is 16.7 Å². The lowest BCUT2D eigenvalue weighted by molar-refractivity contribution is 0.302. The molecule has 1 N–H and O–H groups in total. The second kappa shape index (κ2) is 6.73. The predicted molar refractivity (Wildman–Crippen MR) is 82.4 cm³/mol. The van der Waals surface area contributed by atoms with Crippen molar-refractivity contribution < 1.29 is 4.74 Å². The van der Waals surface area contributed by atoms with Crippen LogP contribution in [0.2, 0.25) is 0 Å². The lowest BCUT2D eigenvalue weighted by atomic mass is 10.1. The molecule has 2 nitrogen and oxygen atoms in total. The highest BCUT2D eigenvalue weighted by Gasteiger charge is 2.04. The molecule has 0 saturated heterocycles. The Morgan fingerprint density at radius 2 is 1.84 bits per heavy atom. The Kier molecular flexibility index (Phi) is 5.00. The summed E-state index contributed by atoms with van der Waals surface area (Å²) in [6.07, 6.45) is 0. The molecular formula is C16H18BrNO. The van der Waals surface area contributed by atoms with Gasteiger partial charge in [0.15, 0.2) is 0 Å². The summed E-state index contributed by atoms with van der Waals surface area (Å²) in [5, 5.41) is 3.17. The standard InChI is InChI=1S/C16H18BrNO/c1-12-3-8-16(14(9-12)10-18-2)19-11-13-4-6-15(17)7-5-13/h3-9,18H,10-11H2,1-2H3. The van der Waals surface area contributed by atoms with E-state index >= 15 is 0 Å². The number of halogens is 1. The van der Waals surface area contributed by atoms with Gasteiger partial charge in [-0.3, -0.25) is 0 Å². The SMILES string of the molecule is CNCc1cc(C)ccc1OCc1ccc(Br)cc1. The van der Waals surface area contributed by atoms with Gasteiger partial charge in [-0.2, -0.15) is 0 Å². The Bertz CT molecular complexity index is 537. The average molecular weight is 320 g/mol. The van der Waals surface area contributed by atoms with Crippen LogP contribution in [0.3, 0.4) is 0 Å². The Morgan fingerprint density at radius 1 is 1.11 bits per heavy atom. The van der Waals surface area contributed by atoms with Gasteiger partial charge < -0.3 is 10.1 Å². The van der Waals surface area contributed by atoms with Gasteiger partial charge in [0.25, 0.3) is 0 Å². The number of ether oxygens (including phenoxy) is 1. The third-order valence-electron chi connectivity index (χ3n) is 2.89. The van der Waals surface area contributed by atoms with E-state index in [0.717, 1.165) is 16.8 Å². The van der Waals surface area contributed by atoms with Crippen LogP contribution in [0.25, 0.3) is 0 Å². The van der Waals surface area contributed by atoms with Crippen molar-refractivity contribution in [3.05, 3.63) is 63.6 Å². The second-order valence-electron chi connectivity index (χ2n) is 4.56. The van der Waals surface area contributed by atoms with Crippen molar-refractivity contribution in [2.75, 3.05) is 7.05 Å². The second-order valence-corrected chi connectivity index (χ2v) is 5.47. The molecule has 0 bridgehead atoms. The van der Waals surface area contributed by atoms with Crippen molar-refractivity contribution in [3.63, 3.8) is 0 Å². The molecule has 0 saturated carbocycles. The molecule has 2 aromatic rings. The summed E-state index contributed by atoms with van der Waals surface area (Å²) in [5.74, 6) is 0.947. The maximum absolute atomic E-state index is 5.92. The lowest BCUT2D eigenvalue weighted by Gasteiger charge is -2.12. The van der Waals surface area contributed by atoms with Crippen LogP contribution in [0.15, 0.2) is 46.9 Å². The highest BCUT2D eigenvalue weighted by Crippen LogP contribution is 2.21. The zero-order valence-electron chi connectivity index (χ0n) is 11.2. The molecule has 0 aliphatic rings. The zero-order valence-corrected chi connectivity index (χ0v) is 12.8. The van der Waals surface area contributed by atoms with Crippen LogP contribution in [0.4, 0.5) is 0 Å². The van der Waals surface area contributed by atoms with Crippen LogP contribution in [-0.4, -0.2) is 7.05 Å². The Labute approximate surface area is 122 Å². The molecule has 0 aliphatic carbocycles. The fourth-order valence-corrected chi connectivity index (χ4v) is 2.18. The minimum Gasteiger partial charge on any atom is -0.489 e. The van der Waals surface area contributed by atoms with Gasteiger partial charge in [-0.25, -0.2) is 0 Å². The quantitative estimate of drug-likeness (QED) is 0.897. The van der Waals surface area contributed by atoms with E-state index in [1.807, 2.05) is 25.2 Å². The third-order valence-corrected chi connectivity index (χ3v) is 3.42. The molecular weight excluding hydrogens is 302 g/mol. The molecule has 0 spiro atoms. The number of benzene rings is 2. The normalized spacial score (nSPS) is 10.5. The summed E-state index contributed by atoms with van der Waals surface area (Å²) in [5.41, 5.74) is 3.61. The molecule has 19 heavy (non-hydrogen) atoms. The molecule has 0 amide bonds. The van der Waals surface area contributed by atoms with Crippen molar-refractivity contribution in [2.45, 2.75) is 20.1 Å². The molecule has 0 aliphatic heterocycles. The molecule has 0 radical (unpaired) electrons. The number of aryl methyl sites for hydroxylation is 1. The van der Waals surface area contributed by atoms with Crippen molar-refractivity contribution in [1.82, 2.24) is 5.32 Å². The summed E-state index contributed by atoms with van der Waals surface area (Å²) >= 11 is 3.43. The van der Waals surface area contributed by atoms with Gasteiger partial charge in [-0.1, -0.05) is 45.8 Å². The van der Waals surface area contributed by atoms with E-state index in [9.17, 15) is 0 Å². The molecule has 0 unspecified atom stereocenters. The maximum Gasteiger partial charge on any atom is 0.124 e. The number of rotatable bonds is 5. The van der Waals surface area contributed by atoms with E-state index in [4.69, 9.17) is 4.74 Å². The van der Waals surface area contributed by atoms with Crippen LogP contribution in [0.5, 0.6) is 5.75 Å². The summed E-state index contributed by atoms with van der Waals surface area (Å²) in [7, 11) is 1.95. The van der Waals surface area contributed by atoms with Gasteiger partial charge in [0.1, 0.15) is 12.4 Å². The van der Waals surface area contributed by atoms with E-state index in [1.54, 1.807) is 0 Å². The summed E-state index contributed by atoms with van der Waals surface area (Å²) < 4.78 is 7.00. The van der Waals surface area contributed by atoms with E-state index < -0.39 is 0 Å². The van der Waals surface area contributed by atoms with Gasteiger partial charge in [-0.15, -0.1) is 0 Å². The van der Waals surface area contributed by atoms with E-state index in [0.29, 0.717) is 6.61 Å². The molecule has 0 atom stereocenters. The van der Waals surface area contributed by atoms with Gasteiger partial charge in [-0.05, 0) is 37.7 Å². The molecule has 2 aromatic carbocycles. The first-order chi connectivity index (χ1) is 9.19. The number of nitrogens with one attached hydrogen (secondary N) is 1. The zero-order chi connectivity index (χ0) is 13.7. The maximum atomic E-state index is 5.92. The van der Waals surface area contributed by atoms with Gasteiger partial charge in [0.05, 0.1) is 0 Å². The first-order valence-electron chi connectivity index (χ1n) is 6.30. The van der Waals surface area contributed by atoms with Crippen LogP contribution in [-0.2, 0) is 13.2 Å². The Hall–Kier alpha value is -1.32. The van der Waals surface area contributed by atoms with Crippen molar-refractivity contribution >= 4 is 15.9 Å². The fourth-order valence-electron chi connectivity index (χ4n) is 1.92. The molecule has 0 heterocycles. The fraction of sp³-hybridized carbons (Fsp3) is 0.250. The Balaban J connectivity index is 2.08. The summed E-state index contributed by atoms with van der Waals surface area (Å²) in [4.78, 5) is 0. The topological polar surface area (TPSA) is 21.3 Å². The largest absolute Gasteiger partial charge is 0.489 e. The molecule has 3 heteroatoms. The third kappa shape index (κ3) is 4.08. The highest BCUT2D eigenvalue weighted by molar-refractivity contribution is 9.10. The molecule has 100 valence electrons. The highest BCUT2D eigenvalue weighted by atomic mass is 79.9. The summed E-state index contributed by atoms with van der Waals surface area (Å²) in [6.45, 7) is 3.50. The number of hydrogen-bond donors (Lipinski definition) is 1. The molecule has 2 rings (SSSR count). The van der Waals surface area contributed by atoms with Crippen LogP contribution in [0.1, 0.15) is 16.7 Å². The van der Waals surface area contributed by atoms with Crippen LogP contribution in [0, 0.1) is 6.92 Å². The monoisotopic (exact) mass is 319 g/mol. The minimum absolute atomic E-state index is 0.590.